The summed E-state index contributed by atoms with van der Waals surface area (Å²) in [5.74, 6) is 0. The Balaban J connectivity index is 1.83. The average Bonchev–Trinajstić information content (AvgIpc) is 3.13. The third kappa shape index (κ3) is 3.52. The van der Waals surface area contributed by atoms with Crippen LogP contribution in [0.3, 0.4) is 0 Å². The smallest absolute Gasteiger partial charge is 0.142 e. The number of rotatable bonds is 5. The van der Waals surface area contributed by atoms with E-state index in [1.54, 1.807) is 24.8 Å². The van der Waals surface area contributed by atoms with Crippen molar-refractivity contribution in [2.45, 2.75) is 25.4 Å². The Kier molecular flexibility index (Phi) is 5.04. The molecule has 0 aliphatic carbocycles. The van der Waals surface area contributed by atoms with Crippen molar-refractivity contribution >= 4 is 37.5 Å². The Morgan fingerprint density at radius 2 is 1.93 bits per heavy atom. The van der Waals surface area contributed by atoms with Gasteiger partial charge in [0.15, 0.2) is 0 Å². The van der Waals surface area contributed by atoms with Crippen LogP contribution in [0.5, 0.6) is 0 Å². The van der Waals surface area contributed by atoms with E-state index in [4.69, 9.17) is 4.98 Å². The van der Waals surface area contributed by atoms with Crippen LogP contribution in [0.2, 0.25) is 0 Å². The third-order valence-corrected chi connectivity index (χ3v) is 6.19. The molecule has 1 N–H and O–H groups in total. The molecule has 0 radical (unpaired) electrons. The quantitative estimate of drug-likeness (QED) is 0.442. The van der Waals surface area contributed by atoms with E-state index in [-0.39, 0.29) is 0 Å². The molecule has 136 valence electrons. The van der Waals surface area contributed by atoms with Crippen molar-refractivity contribution in [3.63, 3.8) is 0 Å². The van der Waals surface area contributed by atoms with E-state index >= 15 is 0 Å². The third-order valence-electron chi connectivity index (χ3n) is 4.53. The zero-order valence-corrected chi connectivity index (χ0v) is 17.2. The van der Waals surface area contributed by atoms with E-state index in [0.717, 1.165) is 37.8 Å². The Hall–Kier alpha value is -2.15. The molecule has 27 heavy (non-hydrogen) atoms. The largest absolute Gasteiger partial charge is 0.378 e. The lowest BCUT2D eigenvalue weighted by molar-refractivity contribution is 0.0698. The summed E-state index contributed by atoms with van der Waals surface area (Å²) < 4.78 is 2.05. The van der Waals surface area contributed by atoms with Gasteiger partial charge < -0.3 is 5.11 Å². The summed E-state index contributed by atoms with van der Waals surface area (Å²) in [5, 5.41) is 12.4. The highest BCUT2D eigenvalue weighted by Crippen LogP contribution is 2.39. The topological polar surface area (TPSA) is 58.9 Å². The molecular formula is C21H18BrN3OS. The summed E-state index contributed by atoms with van der Waals surface area (Å²) in [6, 6.07) is 11.8. The molecule has 3 aromatic heterocycles. The summed E-state index contributed by atoms with van der Waals surface area (Å²) in [6.07, 6.45) is 8.47. The molecule has 0 aliphatic rings. The molecule has 1 atom stereocenters. The Bertz CT molecular complexity index is 1080. The Morgan fingerprint density at radius 1 is 1.07 bits per heavy atom. The molecule has 0 saturated heterocycles. The summed E-state index contributed by atoms with van der Waals surface area (Å²) in [6.45, 7) is 2.06. The fourth-order valence-electron chi connectivity index (χ4n) is 3.17. The van der Waals surface area contributed by atoms with Crippen LogP contribution in [0.4, 0.5) is 0 Å². The van der Waals surface area contributed by atoms with Crippen LogP contribution in [0.1, 0.15) is 30.3 Å². The van der Waals surface area contributed by atoms with Gasteiger partial charge in [0.25, 0.3) is 0 Å². The van der Waals surface area contributed by atoms with Gasteiger partial charge in [0.2, 0.25) is 0 Å². The first-order valence-corrected chi connectivity index (χ1v) is 10.4. The van der Waals surface area contributed by atoms with Gasteiger partial charge in [0.1, 0.15) is 10.6 Å². The molecule has 6 heteroatoms. The van der Waals surface area contributed by atoms with Crippen molar-refractivity contribution in [2.24, 2.45) is 0 Å². The highest BCUT2D eigenvalue weighted by atomic mass is 79.9. The fourth-order valence-corrected chi connectivity index (χ4v) is 4.83. The molecule has 4 nitrogen and oxygen atoms in total. The van der Waals surface area contributed by atoms with Gasteiger partial charge in [-0.15, -0.1) is 11.3 Å². The van der Waals surface area contributed by atoms with Gasteiger partial charge in [-0.1, -0.05) is 35.3 Å². The maximum absolute atomic E-state index is 11.7. The van der Waals surface area contributed by atoms with Crippen molar-refractivity contribution < 1.29 is 5.11 Å². The second kappa shape index (κ2) is 7.46. The lowest BCUT2D eigenvalue weighted by Crippen LogP contribution is -2.27. The monoisotopic (exact) mass is 439 g/mol. The lowest BCUT2D eigenvalue weighted by Gasteiger charge is -2.26. The van der Waals surface area contributed by atoms with E-state index in [2.05, 4.69) is 32.8 Å². The average molecular weight is 440 g/mol. The molecule has 0 amide bonds. The molecule has 1 aromatic carbocycles. The number of aromatic nitrogens is 3. The first-order chi connectivity index (χ1) is 13.1. The number of pyridine rings is 2. The molecule has 3 heterocycles. The lowest BCUT2D eigenvalue weighted by atomic mass is 9.89. The number of halogens is 1. The second-order valence-corrected chi connectivity index (χ2v) is 8.39. The van der Waals surface area contributed by atoms with Gasteiger partial charge in [0.05, 0.1) is 10.2 Å². The highest BCUT2D eigenvalue weighted by Gasteiger charge is 2.35. The van der Waals surface area contributed by atoms with Gasteiger partial charge in [0, 0.05) is 46.0 Å². The Morgan fingerprint density at radius 3 is 2.70 bits per heavy atom. The minimum atomic E-state index is -1.17. The molecule has 1 unspecified atom stereocenters. The van der Waals surface area contributed by atoms with Gasteiger partial charge >= 0.3 is 0 Å². The van der Waals surface area contributed by atoms with E-state index in [1.165, 1.54) is 11.3 Å². The van der Waals surface area contributed by atoms with Gasteiger partial charge in [-0.3, -0.25) is 9.97 Å². The van der Waals surface area contributed by atoms with Crippen LogP contribution in [0, 0.1) is 0 Å². The molecule has 0 saturated carbocycles. The van der Waals surface area contributed by atoms with Gasteiger partial charge in [-0.2, -0.15) is 0 Å². The SMILES string of the molecule is CCCC(O)(c1cncc(-c2cccnc2)c1)c1nc2ccc(Br)cc2s1. The minimum absolute atomic E-state index is 0.576. The van der Waals surface area contributed by atoms with E-state index in [0.29, 0.717) is 11.4 Å². The Labute approximate surface area is 170 Å². The van der Waals surface area contributed by atoms with Crippen LogP contribution >= 0.6 is 27.3 Å². The van der Waals surface area contributed by atoms with Crippen molar-refractivity contribution in [3.05, 3.63) is 76.2 Å². The maximum atomic E-state index is 11.7. The van der Waals surface area contributed by atoms with Crippen molar-refractivity contribution in [2.75, 3.05) is 0 Å². The normalized spacial score (nSPS) is 13.6. The number of fused-ring (bicyclic) bond motifs is 1. The standard InChI is InChI=1S/C21H18BrN3OS/c1-2-7-21(26,20-25-18-6-5-17(22)10-19(18)27-20)16-9-15(12-24-13-16)14-4-3-8-23-11-14/h3-6,8-13,26H,2,7H2,1H3. The maximum Gasteiger partial charge on any atom is 0.142 e. The molecule has 0 bridgehead atoms. The van der Waals surface area contributed by atoms with E-state index < -0.39 is 5.60 Å². The summed E-state index contributed by atoms with van der Waals surface area (Å²) >= 11 is 5.03. The highest BCUT2D eigenvalue weighted by molar-refractivity contribution is 9.10. The molecule has 0 spiro atoms. The number of thiazole rings is 1. The summed E-state index contributed by atoms with van der Waals surface area (Å²) in [7, 11) is 0. The number of nitrogens with zero attached hydrogens (tertiary/aromatic N) is 3. The molecule has 0 aliphatic heterocycles. The van der Waals surface area contributed by atoms with Crippen LogP contribution in [0.15, 0.2) is 65.7 Å². The van der Waals surface area contributed by atoms with Crippen LogP contribution in [-0.4, -0.2) is 20.1 Å². The first kappa shape index (κ1) is 18.2. The number of hydrogen-bond acceptors (Lipinski definition) is 5. The first-order valence-electron chi connectivity index (χ1n) is 8.75. The predicted molar refractivity (Wildman–Crippen MR) is 113 cm³/mol. The zero-order chi connectivity index (χ0) is 18.9. The van der Waals surface area contributed by atoms with E-state index in [1.807, 2.05) is 36.4 Å². The summed E-state index contributed by atoms with van der Waals surface area (Å²) in [5.41, 5.74) is 2.38. The predicted octanol–water partition coefficient (Wildman–Crippen LogP) is 5.55. The molecular weight excluding hydrogens is 422 g/mol. The number of hydrogen-bond donors (Lipinski definition) is 1. The minimum Gasteiger partial charge on any atom is -0.378 e. The molecule has 4 rings (SSSR count). The fraction of sp³-hybridized carbons (Fsp3) is 0.190. The number of benzene rings is 1. The zero-order valence-electron chi connectivity index (χ0n) is 14.8. The van der Waals surface area contributed by atoms with E-state index in [9.17, 15) is 5.11 Å². The van der Waals surface area contributed by atoms with Gasteiger partial charge in [-0.25, -0.2) is 4.98 Å². The molecule has 4 aromatic rings. The number of aliphatic hydroxyl groups is 1. The van der Waals surface area contributed by atoms with Crippen LogP contribution in [-0.2, 0) is 5.60 Å². The molecule has 0 fully saturated rings. The van der Waals surface area contributed by atoms with Crippen LogP contribution < -0.4 is 0 Å². The van der Waals surface area contributed by atoms with Crippen molar-refractivity contribution in [1.29, 1.82) is 0 Å². The summed E-state index contributed by atoms with van der Waals surface area (Å²) in [4.78, 5) is 13.3. The second-order valence-electron chi connectivity index (χ2n) is 6.45. The van der Waals surface area contributed by atoms with Crippen LogP contribution in [0.25, 0.3) is 21.3 Å². The van der Waals surface area contributed by atoms with Crippen molar-refractivity contribution in [1.82, 2.24) is 15.0 Å². The van der Waals surface area contributed by atoms with Gasteiger partial charge in [-0.05, 0) is 36.8 Å². The van der Waals surface area contributed by atoms with Crippen molar-refractivity contribution in [3.8, 4) is 11.1 Å².